The molecule has 0 saturated carbocycles. The molecule has 0 aliphatic carbocycles. The summed E-state index contributed by atoms with van der Waals surface area (Å²) in [4.78, 5) is 9.34. The Morgan fingerprint density at radius 1 is 0.655 bits per heavy atom. The van der Waals surface area contributed by atoms with Crippen LogP contribution in [-0.4, -0.2) is 9.97 Å². The maximum Gasteiger partial charge on any atom is 0.219 e. The standard InChI is InChI=1S/C25H16N2O2/c1-3-8-18-16(6-1)12-14-20-24(18)26-22(28-20)10-5-11-23-27-25-19-9-4-2-7-17(19)13-15-21(25)29-23/h1-10,12-15H,11H2. The van der Waals surface area contributed by atoms with Gasteiger partial charge in [-0.1, -0.05) is 66.7 Å². The molecule has 138 valence electrons. The average molecular weight is 376 g/mol. The van der Waals surface area contributed by atoms with Crippen LogP contribution in [0.5, 0.6) is 0 Å². The van der Waals surface area contributed by atoms with Gasteiger partial charge in [0.15, 0.2) is 17.1 Å². The van der Waals surface area contributed by atoms with E-state index in [1.807, 2.05) is 48.6 Å². The molecule has 0 saturated heterocycles. The number of oxazole rings is 2. The Morgan fingerprint density at radius 3 is 2.00 bits per heavy atom. The molecule has 6 rings (SSSR count). The van der Waals surface area contributed by atoms with E-state index in [0.29, 0.717) is 18.2 Å². The van der Waals surface area contributed by atoms with Gasteiger partial charge in [-0.05, 0) is 29.0 Å². The smallest absolute Gasteiger partial charge is 0.219 e. The van der Waals surface area contributed by atoms with E-state index in [0.717, 1.165) is 43.7 Å². The van der Waals surface area contributed by atoms with Crippen LogP contribution in [0, 0.1) is 0 Å². The van der Waals surface area contributed by atoms with Gasteiger partial charge < -0.3 is 8.83 Å². The van der Waals surface area contributed by atoms with Crippen LogP contribution < -0.4 is 0 Å². The van der Waals surface area contributed by atoms with Crippen molar-refractivity contribution < 1.29 is 8.83 Å². The molecule has 0 amide bonds. The quantitative estimate of drug-likeness (QED) is 0.352. The topological polar surface area (TPSA) is 52.1 Å². The highest BCUT2D eigenvalue weighted by Crippen LogP contribution is 2.27. The Balaban J connectivity index is 1.32. The normalized spacial score (nSPS) is 12.1. The number of allylic oxidation sites excluding steroid dienone is 1. The lowest BCUT2D eigenvalue weighted by atomic mass is 10.1. The van der Waals surface area contributed by atoms with Gasteiger partial charge in [0.1, 0.15) is 11.0 Å². The van der Waals surface area contributed by atoms with Crippen molar-refractivity contribution in [2.45, 2.75) is 6.42 Å². The summed E-state index contributed by atoms with van der Waals surface area (Å²) in [5.41, 5.74) is 3.38. The van der Waals surface area contributed by atoms with Gasteiger partial charge in [-0.2, -0.15) is 0 Å². The number of benzene rings is 4. The van der Waals surface area contributed by atoms with E-state index < -0.39 is 0 Å². The molecule has 0 fully saturated rings. The molecule has 0 aliphatic rings. The summed E-state index contributed by atoms with van der Waals surface area (Å²) in [7, 11) is 0. The lowest BCUT2D eigenvalue weighted by Crippen LogP contribution is -1.80. The number of aromatic nitrogens is 2. The van der Waals surface area contributed by atoms with Gasteiger partial charge in [0, 0.05) is 17.2 Å². The minimum absolute atomic E-state index is 0.572. The summed E-state index contributed by atoms with van der Waals surface area (Å²) in [6.45, 7) is 0. The van der Waals surface area contributed by atoms with Gasteiger partial charge in [-0.25, -0.2) is 9.97 Å². The van der Waals surface area contributed by atoms with E-state index in [-0.39, 0.29) is 0 Å². The van der Waals surface area contributed by atoms with E-state index in [2.05, 4.69) is 46.4 Å². The molecule has 0 aliphatic heterocycles. The highest BCUT2D eigenvalue weighted by molar-refractivity contribution is 6.04. The molecular formula is C25H16N2O2. The summed E-state index contributed by atoms with van der Waals surface area (Å²) in [5.74, 6) is 1.26. The molecular weight excluding hydrogens is 360 g/mol. The second-order valence-corrected chi connectivity index (χ2v) is 7.03. The zero-order valence-electron chi connectivity index (χ0n) is 15.5. The summed E-state index contributed by atoms with van der Waals surface area (Å²) < 4.78 is 11.8. The number of rotatable bonds is 3. The predicted octanol–water partition coefficient (Wildman–Crippen LogP) is 6.53. The van der Waals surface area contributed by atoms with Gasteiger partial charge in [0.2, 0.25) is 5.89 Å². The van der Waals surface area contributed by atoms with Gasteiger partial charge >= 0.3 is 0 Å². The number of nitrogens with zero attached hydrogens (tertiary/aromatic N) is 2. The number of hydrogen-bond donors (Lipinski definition) is 0. The third kappa shape index (κ3) is 2.69. The van der Waals surface area contributed by atoms with Crippen molar-refractivity contribution in [1.82, 2.24) is 9.97 Å². The SMILES string of the molecule is C(=Cc1nc2c(ccc3ccccc32)o1)Cc1nc2c(ccc3ccccc32)o1. The van der Waals surface area contributed by atoms with E-state index in [1.54, 1.807) is 0 Å². The fourth-order valence-electron chi connectivity index (χ4n) is 3.80. The van der Waals surface area contributed by atoms with Gasteiger partial charge in [-0.15, -0.1) is 0 Å². The molecule has 4 nitrogen and oxygen atoms in total. The zero-order valence-corrected chi connectivity index (χ0v) is 15.5. The van der Waals surface area contributed by atoms with Crippen LogP contribution >= 0.6 is 0 Å². The van der Waals surface area contributed by atoms with Crippen LogP contribution in [-0.2, 0) is 6.42 Å². The Bertz CT molecular complexity index is 1540. The molecule has 2 aromatic heterocycles. The largest absolute Gasteiger partial charge is 0.440 e. The third-order valence-electron chi connectivity index (χ3n) is 5.18. The first-order valence-electron chi connectivity index (χ1n) is 9.57. The van der Waals surface area contributed by atoms with Gasteiger partial charge in [0.05, 0.1) is 0 Å². The summed E-state index contributed by atoms with van der Waals surface area (Å²) in [6.07, 6.45) is 4.42. The van der Waals surface area contributed by atoms with Gasteiger partial charge in [0.25, 0.3) is 0 Å². The summed E-state index contributed by atoms with van der Waals surface area (Å²) in [6, 6.07) is 24.5. The molecule has 4 heteroatoms. The first-order chi connectivity index (χ1) is 14.3. The van der Waals surface area contributed by atoms with Crippen molar-refractivity contribution in [3.63, 3.8) is 0 Å². The van der Waals surface area contributed by atoms with Crippen molar-refractivity contribution in [1.29, 1.82) is 0 Å². The first kappa shape index (κ1) is 16.1. The third-order valence-corrected chi connectivity index (χ3v) is 5.18. The Hall–Kier alpha value is -3.92. The summed E-state index contributed by atoms with van der Waals surface area (Å²) in [5, 5.41) is 4.52. The Morgan fingerprint density at radius 2 is 1.28 bits per heavy atom. The van der Waals surface area contributed by atoms with Crippen LogP contribution in [0.3, 0.4) is 0 Å². The molecule has 29 heavy (non-hydrogen) atoms. The number of hydrogen-bond acceptors (Lipinski definition) is 4. The predicted molar refractivity (Wildman–Crippen MR) is 116 cm³/mol. The van der Waals surface area contributed by atoms with E-state index in [9.17, 15) is 0 Å². The van der Waals surface area contributed by atoms with Crippen LogP contribution in [0.4, 0.5) is 0 Å². The molecule has 6 aromatic rings. The maximum absolute atomic E-state index is 5.92. The number of fused-ring (bicyclic) bond motifs is 6. The first-order valence-corrected chi connectivity index (χ1v) is 9.57. The molecule has 0 atom stereocenters. The van der Waals surface area contributed by atoms with Crippen molar-refractivity contribution in [2.75, 3.05) is 0 Å². The fourth-order valence-corrected chi connectivity index (χ4v) is 3.80. The average Bonchev–Trinajstić information content (AvgIpc) is 3.37. The second-order valence-electron chi connectivity index (χ2n) is 7.03. The molecule has 0 radical (unpaired) electrons. The van der Waals surface area contributed by atoms with Crippen LogP contribution in [0.1, 0.15) is 11.8 Å². The molecule has 2 heterocycles. The molecule has 0 N–H and O–H groups in total. The highest BCUT2D eigenvalue weighted by Gasteiger charge is 2.09. The van der Waals surface area contributed by atoms with E-state index in [4.69, 9.17) is 8.83 Å². The highest BCUT2D eigenvalue weighted by atomic mass is 16.4. The molecule has 0 unspecified atom stereocenters. The lowest BCUT2D eigenvalue weighted by Gasteiger charge is -1.95. The fraction of sp³-hybridized carbons (Fsp3) is 0.0400. The minimum Gasteiger partial charge on any atom is -0.440 e. The van der Waals surface area contributed by atoms with E-state index >= 15 is 0 Å². The maximum atomic E-state index is 5.92. The summed E-state index contributed by atoms with van der Waals surface area (Å²) >= 11 is 0. The molecule has 4 aromatic carbocycles. The Kier molecular flexibility index (Phi) is 3.50. The minimum atomic E-state index is 0.572. The Labute approximate surface area is 166 Å². The van der Waals surface area contributed by atoms with Crippen molar-refractivity contribution in [2.24, 2.45) is 0 Å². The van der Waals surface area contributed by atoms with Crippen molar-refractivity contribution in [3.05, 3.63) is 90.7 Å². The molecule has 0 spiro atoms. The van der Waals surface area contributed by atoms with Crippen LogP contribution in [0.15, 0.2) is 87.7 Å². The van der Waals surface area contributed by atoms with Crippen molar-refractivity contribution >= 4 is 49.8 Å². The van der Waals surface area contributed by atoms with Gasteiger partial charge in [-0.3, -0.25) is 0 Å². The lowest BCUT2D eigenvalue weighted by molar-refractivity contribution is 0.546. The van der Waals surface area contributed by atoms with Crippen molar-refractivity contribution in [3.8, 4) is 0 Å². The van der Waals surface area contributed by atoms with Crippen LogP contribution in [0.2, 0.25) is 0 Å². The monoisotopic (exact) mass is 376 g/mol. The van der Waals surface area contributed by atoms with Crippen LogP contribution in [0.25, 0.3) is 49.8 Å². The zero-order chi connectivity index (χ0) is 19.2. The molecule has 0 bridgehead atoms. The van der Waals surface area contributed by atoms with E-state index in [1.165, 1.54) is 0 Å². The second kappa shape index (κ2) is 6.31.